The van der Waals surface area contributed by atoms with Crippen molar-refractivity contribution in [3.05, 3.63) is 11.1 Å². The third-order valence-electron chi connectivity index (χ3n) is 10.9. The Labute approximate surface area is 195 Å². The standard InChI is InChI=1S/C29H46OS/c1-18-10-14-22-20(16-18)12-11-19-6-5-8-24(28(19)22)29-23-7-3-4-9-26(23)31-27-15-13-21(30-2)17-25(27)29/h18-23,25-28H,3-17H2,1-2H3/b29-24+/t18?,19-,20?,21?,22?,23?,25?,26-,27+,28?/m0/s1. The van der Waals surface area contributed by atoms with Crippen molar-refractivity contribution in [2.75, 3.05) is 7.11 Å². The first kappa shape index (κ1) is 21.6. The van der Waals surface area contributed by atoms with Crippen molar-refractivity contribution >= 4 is 11.8 Å². The van der Waals surface area contributed by atoms with Crippen molar-refractivity contribution in [1.82, 2.24) is 0 Å². The molecule has 6 rings (SSSR count). The maximum absolute atomic E-state index is 5.98. The number of allylic oxidation sites excluding steroid dienone is 2. The van der Waals surface area contributed by atoms with Crippen LogP contribution >= 0.6 is 11.8 Å². The summed E-state index contributed by atoms with van der Waals surface area (Å²) in [6.07, 6.45) is 22.7. The Morgan fingerprint density at radius 3 is 2.48 bits per heavy atom. The van der Waals surface area contributed by atoms with E-state index in [9.17, 15) is 0 Å². The van der Waals surface area contributed by atoms with Gasteiger partial charge in [-0.1, -0.05) is 37.3 Å². The monoisotopic (exact) mass is 442 g/mol. The molecule has 7 unspecified atom stereocenters. The van der Waals surface area contributed by atoms with Crippen LogP contribution in [0.4, 0.5) is 0 Å². The molecule has 31 heavy (non-hydrogen) atoms. The van der Waals surface area contributed by atoms with Crippen molar-refractivity contribution in [2.24, 2.45) is 41.4 Å². The fraction of sp³-hybridized carbons (Fsp3) is 0.931. The summed E-state index contributed by atoms with van der Waals surface area (Å²) in [6.45, 7) is 2.53. The summed E-state index contributed by atoms with van der Waals surface area (Å²) in [6, 6.07) is 0. The summed E-state index contributed by atoms with van der Waals surface area (Å²) >= 11 is 2.44. The summed E-state index contributed by atoms with van der Waals surface area (Å²) in [4.78, 5) is 0. The lowest BCUT2D eigenvalue weighted by atomic mass is 9.53. The lowest BCUT2D eigenvalue weighted by Crippen LogP contribution is -2.46. The number of hydrogen-bond acceptors (Lipinski definition) is 2. The Bertz CT molecular complexity index is 684. The van der Waals surface area contributed by atoms with Crippen LogP contribution in [0, 0.1) is 41.4 Å². The van der Waals surface area contributed by atoms with Crippen LogP contribution in [0.1, 0.15) is 103 Å². The number of fused-ring (bicyclic) bond motifs is 5. The quantitative estimate of drug-likeness (QED) is 0.380. The lowest BCUT2D eigenvalue weighted by molar-refractivity contribution is 0.0363. The van der Waals surface area contributed by atoms with Crippen LogP contribution in [-0.4, -0.2) is 23.7 Å². The first-order valence-corrected chi connectivity index (χ1v) is 15.1. The Hall–Kier alpha value is 0.0500. The molecule has 174 valence electrons. The van der Waals surface area contributed by atoms with Gasteiger partial charge in [-0.3, -0.25) is 0 Å². The lowest BCUT2D eigenvalue weighted by Gasteiger charge is -2.54. The molecule has 5 saturated carbocycles. The second-order valence-electron chi connectivity index (χ2n) is 12.5. The molecule has 0 N–H and O–H groups in total. The highest BCUT2D eigenvalue weighted by molar-refractivity contribution is 8.00. The van der Waals surface area contributed by atoms with E-state index in [4.69, 9.17) is 4.74 Å². The van der Waals surface area contributed by atoms with Crippen LogP contribution < -0.4 is 0 Å². The molecule has 1 aliphatic heterocycles. The van der Waals surface area contributed by atoms with Crippen LogP contribution in [0.25, 0.3) is 0 Å². The Morgan fingerprint density at radius 1 is 0.742 bits per heavy atom. The van der Waals surface area contributed by atoms with Gasteiger partial charge in [0, 0.05) is 17.6 Å². The molecule has 2 heteroatoms. The summed E-state index contributed by atoms with van der Waals surface area (Å²) in [5, 5.41) is 1.85. The van der Waals surface area contributed by atoms with Gasteiger partial charge < -0.3 is 4.74 Å². The van der Waals surface area contributed by atoms with E-state index in [0.29, 0.717) is 6.10 Å². The van der Waals surface area contributed by atoms with Gasteiger partial charge in [-0.05, 0) is 118 Å². The number of thioether (sulfide) groups is 1. The smallest absolute Gasteiger partial charge is 0.0577 e. The Balaban J connectivity index is 1.41. The van der Waals surface area contributed by atoms with E-state index < -0.39 is 0 Å². The van der Waals surface area contributed by atoms with Gasteiger partial charge in [-0.15, -0.1) is 0 Å². The van der Waals surface area contributed by atoms with E-state index in [1.54, 1.807) is 19.3 Å². The number of rotatable bonds is 1. The highest BCUT2D eigenvalue weighted by Crippen LogP contribution is 2.60. The fourth-order valence-electron chi connectivity index (χ4n) is 9.61. The molecule has 0 amide bonds. The second kappa shape index (κ2) is 9.01. The van der Waals surface area contributed by atoms with Crippen LogP contribution in [-0.2, 0) is 4.74 Å². The molecule has 5 aliphatic carbocycles. The molecule has 0 radical (unpaired) electrons. The minimum absolute atomic E-state index is 0.520. The van der Waals surface area contributed by atoms with Gasteiger partial charge in [-0.25, -0.2) is 0 Å². The molecule has 0 spiro atoms. The van der Waals surface area contributed by atoms with Gasteiger partial charge >= 0.3 is 0 Å². The van der Waals surface area contributed by atoms with Gasteiger partial charge in [0.1, 0.15) is 0 Å². The van der Waals surface area contributed by atoms with Gasteiger partial charge in [0.05, 0.1) is 6.10 Å². The zero-order valence-corrected chi connectivity index (χ0v) is 21.0. The largest absolute Gasteiger partial charge is 0.381 e. The third kappa shape index (κ3) is 3.88. The van der Waals surface area contributed by atoms with E-state index in [1.807, 2.05) is 7.11 Å². The van der Waals surface area contributed by atoms with E-state index in [2.05, 4.69) is 29.8 Å². The average Bonchev–Trinajstić information content (AvgIpc) is 2.81. The zero-order chi connectivity index (χ0) is 20.9. The molecular formula is C29H46OS. The first-order chi connectivity index (χ1) is 15.2. The minimum Gasteiger partial charge on any atom is -0.381 e. The van der Waals surface area contributed by atoms with Crippen molar-refractivity contribution in [2.45, 2.75) is 120 Å². The summed E-state index contributed by atoms with van der Waals surface area (Å²) in [5.74, 6) is 6.85. The zero-order valence-electron chi connectivity index (χ0n) is 20.2. The predicted molar refractivity (Wildman–Crippen MR) is 132 cm³/mol. The SMILES string of the molecule is COC1CC[C@H]2S[C@H]3CCCCC3/C(=C3/CCC[C@H]4CCC5CC(C)CCC5C34)C2C1. The van der Waals surface area contributed by atoms with Crippen molar-refractivity contribution in [1.29, 1.82) is 0 Å². The molecular weight excluding hydrogens is 396 g/mol. The summed E-state index contributed by atoms with van der Waals surface area (Å²) < 4.78 is 5.98. The van der Waals surface area contributed by atoms with E-state index >= 15 is 0 Å². The van der Waals surface area contributed by atoms with Crippen molar-refractivity contribution in [3.8, 4) is 0 Å². The molecule has 0 aromatic carbocycles. The predicted octanol–water partition coefficient (Wildman–Crippen LogP) is 8.03. The van der Waals surface area contributed by atoms with Crippen LogP contribution in [0.5, 0.6) is 0 Å². The van der Waals surface area contributed by atoms with Crippen LogP contribution in [0.2, 0.25) is 0 Å². The molecule has 1 heterocycles. The van der Waals surface area contributed by atoms with E-state index in [1.165, 1.54) is 77.0 Å². The van der Waals surface area contributed by atoms with Gasteiger partial charge in [0.2, 0.25) is 0 Å². The Kier molecular flexibility index (Phi) is 6.27. The number of methoxy groups -OCH3 is 1. The maximum Gasteiger partial charge on any atom is 0.0577 e. The van der Waals surface area contributed by atoms with Crippen molar-refractivity contribution in [3.63, 3.8) is 0 Å². The summed E-state index contributed by atoms with van der Waals surface area (Å²) in [7, 11) is 1.97. The van der Waals surface area contributed by atoms with Gasteiger partial charge in [-0.2, -0.15) is 11.8 Å². The van der Waals surface area contributed by atoms with Crippen LogP contribution in [0.3, 0.4) is 0 Å². The number of hydrogen-bond donors (Lipinski definition) is 0. The molecule has 0 bridgehead atoms. The van der Waals surface area contributed by atoms with E-state index in [0.717, 1.165) is 51.9 Å². The molecule has 6 aliphatic rings. The van der Waals surface area contributed by atoms with Gasteiger partial charge in [0.25, 0.3) is 0 Å². The highest BCUT2D eigenvalue weighted by Gasteiger charge is 2.50. The van der Waals surface area contributed by atoms with Crippen LogP contribution in [0.15, 0.2) is 11.1 Å². The molecule has 0 aromatic rings. The maximum atomic E-state index is 5.98. The highest BCUT2D eigenvalue weighted by atomic mass is 32.2. The normalized spacial score (nSPS) is 52.5. The third-order valence-corrected chi connectivity index (χ3v) is 12.7. The summed E-state index contributed by atoms with van der Waals surface area (Å²) in [5.41, 5.74) is 4.15. The molecule has 6 fully saturated rings. The Morgan fingerprint density at radius 2 is 1.58 bits per heavy atom. The second-order valence-corrected chi connectivity index (χ2v) is 13.9. The first-order valence-electron chi connectivity index (χ1n) is 14.1. The fourth-order valence-corrected chi connectivity index (χ4v) is 11.6. The van der Waals surface area contributed by atoms with E-state index in [-0.39, 0.29) is 0 Å². The molecule has 0 aromatic heterocycles. The molecule has 10 atom stereocenters. The molecule has 1 saturated heterocycles. The molecule has 1 nitrogen and oxygen atoms in total. The van der Waals surface area contributed by atoms with Gasteiger partial charge in [0.15, 0.2) is 0 Å². The topological polar surface area (TPSA) is 9.23 Å². The minimum atomic E-state index is 0.520. The number of ether oxygens (including phenoxy) is 1. The average molecular weight is 443 g/mol. The van der Waals surface area contributed by atoms with Crippen molar-refractivity contribution < 1.29 is 4.74 Å².